The second kappa shape index (κ2) is 3.17. The lowest BCUT2D eigenvalue weighted by molar-refractivity contribution is 0.111. The Morgan fingerprint density at radius 3 is 2.55 bits per heavy atom. The summed E-state index contributed by atoms with van der Waals surface area (Å²) in [5, 5.41) is 0. The van der Waals surface area contributed by atoms with Gasteiger partial charge in [-0.1, -0.05) is 13.8 Å². The molecule has 3 nitrogen and oxygen atoms in total. The zero-order valence-electron chi connectivity index (χ0n) is 6.39. The number of H-pyrrole nitrogens is 1. The third-order valence-electron chi connectivity index (χ3n) is 1.39. The molecule has 0 atom stereocenters. The van der Waals surface area contributed by atoms with Crippen LogP contribution in [0.1, 0.15) is 36.1 Å². The van der Waals surface area contributed by atoms with E-state index in [0.29, 0.717) is 18.0 Å². The highest BCUT2D eigenvalue weighted by molar-refractivity contribution is 9.10. The maximum absolute atomic E-state index is 10.3. The molecule has 11 heavy (non-hydrogen) atoms. The van der Waals surface area contributed by atoms with E-state index in [-0.39, 0.29) is 0 Å². The van der Waals surface area contributed by atoms with Crippen LogP contribution in [0.15, 0.2) is 4.60 Å². The number of nitrogens with one attached hydrogen (secondary N) is 1. The number of nitrogens with zero attached hydrogens (tertiary/aromatic N) is 1. The van der Waals surface area contributed by atoms with Gasteiger partial charge in [0.1, 0.15) is 4.60 Å². The van der Waals surface area contributed by atoms with Crippen LogP contribution in [0.5, 0.6) is 0 Å². The van der Waals surface area contributed by atoms with Gasteiger partial charge in [-0.3, -0.25) is 4.79 Å². The predicted molar refractivity (Wildman–Crippen MR) is 45.8 cm³/mol. The Labute approximate surface area is 73.3 Å². The molecule has 0 spiro atoms. The molecule has 0 aromatic carbocycles. The summed E-state index contributed by atoms with van der Waals surface area (Å²) in [5.74, 6) is 0.728. The van der Waals surface area contributed by atoms with E-state index in [1.54, 1.807) is 0 Å². The van der Waals surface area contributed by atoms with Gasteiger partial charge in [-0.15, -0.1) is 0 Å². The van der Waals surface area contributed by atoms with Crippen molar-refractivity contribution in [2.24, 2.45) is 0 Å². The van der Waals surface area contributed by atoms with Crippen LogP contribution in [0.3, 0.4) is 0 Å². The van der Waals surface area contributed by atoms with Crippen molar-refractivity contribution in [3.8, 4) is 0 Å². The molecule has 1 rings (SSSR count). The molecule has 0 fully saturated rings. The fourth-order valence-electron chi connectivity index (χ4n) is 0.822. The molecule has 0 radical (unpaired) electrons. The van der Waals surface area contributed by atoms with Gasteiger partial charge in [-0.25, -0.2) is 4.98 Å². The number of aromatic amines is 1. The van der Waals surface area contributed by atoms with Gasteiger partial charge in [0.05, 0.1) is 5.69 Å². The van der Waals surface area contributed by atoms with Crippen LogP contribution in [0.2, 0.25) is 0 Å². The van der Waals surface area contributed by atoms with Gasteiger partial charge in [0.2, 0.25) is 0 Å². The summed E-state index contributed by atoms with van der Waals surface area (Å²) >= 11 is 3.26. The number of aromatic nitrogens is 2. The summed E-state index contributed by atoms with van der Waals surface area (Å²) in [6.07, 6.45) is 0.705. The molecule has 0 amide bonds. The molecule has 4 heteroatoms. The molecule has 1 N–H and O–H groups in total. The van der Waals surface area contributed by atoms with Gasteiger partial charge in [-0.2, -0.15) is 0 Å². The summed E-state index contributed by atoms with van der Waals surface area (Å²) in [5.41, 5.74) is 0.965. The summed E-state index contributed by atoms with van der Waals surface area (Å²) in [6, 6.07) is 0. The average molecular weight is 217 g/mol. The van der Waals surface area contributed by atoms with E-state index in [2.05, 4.69) is 25.9 Å². The van der Waals surface area contributed by atoms with Crippen molar-refractivity contribution in [3.05, 3.63) is 16.1 Å². The fraction of sp³-hybridized carbons (Fsp3) is 0.429. The lowest BCUT2D eigenvalue weighted by Gasteiger charge is -1.98. The molecule has 1 heterocycles. The lowest BCUT2D eigenvalue weighted by Crippen LogP contribution is -1.88. The van der Waals surface area contributed by atoms with E-state index in [9.17, 15) is 4.79 Å². The van der Waals surface area contributed by atoms with E-state index in [0.717, 1.165) is 10.3 Å². The Morgan fingerprint density at radius 2 is 2.27 bits per heavy atom. The van der Waals surface area contributed by atoms with Crippen LogP contribution in [0.25, 0.3) is 0 Å². The third kappa shape index (κ3) is 1.68. The van der Waals surface area contributed by atoms with E-state index in [4.69, 9.17) is 0 Å². The normalized spacial score (nSPS) is 10.5. The highest BCUT2D eigenvalue weighted by Crippen LogP contribution is 2.20. The SMILES string of the molecule is CC(C)c1[nH]c(C=O)nc1Br. The van der Waals surface area contributed by atoms with Crippen molar-refractivity contribution >= 4 is 22.2 Å². The topological polar surface area (TPSA) is 45.8 Å². The quantitative estimate of drug-likeness (QED) is 0.771. The summed E-state index contributed by atoms with van der Waals surface area (Å²) < 4.78 is 0.731. The number of imidazole rings is 1. The summed E-state index contributed by atoms with van der Waals surface area (Å²) in [6.45, 7) is 4.07. The van der Waals surface area contributed by atoms with E-state index < -0.39 is 0 Å². The van der Waals surface area contributed by atoms with Crippen molar-refractivity contribution in [1.82, 2.24) is 9.97 Å². The predicted octanol–water partition coefficient (Wildman–Crippen LogP) is 2.11. The minimum Gasteiger partial charge on any atom is -0.338 e. The van der Waals surface area contributed by atoms with Crippen LogP contribution < -0.4 is 0 Å². The van der Waals surface area contributed by atoms with Crippen molar-refractivity contribution in [3.63, 3.8) is 0 Å². The molecule has 0 bridgehead atoms. The first-order valence-corrected chi connectivity index (χ1v) is 4.15. The number of hydrogen-bond donors (Lipinski definition) is 1. The maximum atomic E-state index is 10.3. The highest BCUT2D eigenvalue weighted by Gasteiger charge is 2.09. The number of aldehydes is 1. The van der Waals surface area contributed by atoms with Crippen molar-refractivity contribution in [2.75, 3.05) is 0 Å². The smallest absolute Gasteiger partial charge is 0.185 e. The average Bonchev–Trinajstić information content (AvgIpc) is 2.30. The first kappa shape index (κ1) is 8.46. The van der Waals surface area contributed by atoms with Gasteiger partial charge in [0, 0.05) is 0 Å². The maximum Gasteiger partial charge on any atom is 0.185 e. The van der Waals surface area contributed by atoms with Crippen molar-refractivity contribution in [1.29, 1.82) is 0 Å². The molecular formula is C7H9BrN2O. The lowest BCUT2D eigenvalue weighted by atomic mass is 10.2. The van der Waals surface area contributed by atoms with Crippen LogP contribution >= 0.6 is 15.9 Å². The van der Waals surface area contributed by atoms with Gasteiger partial charge >= 0.3 is 0 Å². The number of carbonyl (C=O) groups excluding carboxylic acids is 1. The van der Waals surface area contributed by atoms with Crippen LogP contribution in [0.4, 0.5) is 0 Å². The number of halogens is 1. The van der Waals surface area contributed by atoms with Crippen molar-refractivity contribution < 1.29 is 4.79 Å². The molecule has 0 aliphatic carbocycles. The molecule has 60 valence electrons. The Bertz CT molecular complexity index is 267. The molecule has 0 saturated carbocycles. The molecule has 0 aliphatic rings. The largest absolute Gasteiger partial charge is 0.338 e. The minimum absolute atomic E-state index is 0.352. The third-order valence-corrected chi connectivity index (χ3v) is 2.00. The Morgan fingerprint density at radius 1 is 1.64 bits per heavy atom. The highest BCUT2D eigenvalue weighted by atomic mass is 79.9. The molecule has 1 aromatic heterocycles. The van der Waals surface area contributed by atoms with Crippen LogP contribution in [0, 0.1) is 0 Å². The molecule has 1 aromatic rings. The van der Waals surface area contributed by atoms with E-state index in [1.807, 2.05) is 13.8 Å². The Kier molecular flexibility index (Phi) is 2.44. The number of rotatable bonds is 2. The Balaban J connectivity index is 3.06. The molecule has 0 unspecified atom stereocenters. The van der Waals surface area contributed by atoms with Crippen molar-refractivity contribution in [2.45, 2.75) is 19.8 Å². The van der Waals surface area contributed by atoms with Crippen LogP contribution in [-0.4, -0.2) is 16.3 Å². The number of hydrogen-bond acceptors (Lipinski definition) is 2. The molecule has 0 saturated heterocycles. The monoisotopic (exact) mass is 216 g/mol. The second-order valence-electron chi connectivity index (χ2n) is 2.60. The minimum atomic E-state index is 0.352. The van der Waals surface area contributed by atoms with E-state index >= 15 is 0 Å². The van der Waals surface area contributed by atoms with Crippen LogP contribution in [-0.2, 0) is 0 Å². The first-order valence-electron chi connectivity index (χ1n) is 3.35. The van der Waals surface area contributed by atoms with Gasteiger partial charge in [0.25, 0.3) is 0 Å². The molecular weight excluding hydrogens is 208 g/mol. The molecule has 0 aliphatic heterocycles. The standard InChI is InChI=1S/C7H9BrN2O/c1-4(2)6-7(8)10-5(3-11)9-6/h3-4H,1-2H3,(H,9,10). The van der Waals surface area contributed by atoms with Gasteiger partial charge in [-0.05, 0) is 21.8 Å². The fourth-order valence-corrected chi connectivity index (χ4v) is 1.57. The van der Waals surface area contributed by atoms with Gasteiger partial charge in [0.15, 0.2) is 12.1 Å². The number of carbonyl (C=O) groups is 1. The van der Waals surface area contributed by atoms with Gasteiger partial charge < -0.3 is 4.98 Å². The summed E-state index contributed by atoms with van der Waals surface area (Å²) in [7, 11) is 0. The zero-order chi connectivity index (χ0) is 8.43. The van der Waals surface area contributed by atoms with E-state index in [1.165, 1.54) is 0 Å². The zero-order valence-corrected chi connectivity index (χ0v) is 7.97. The Hall–Kier alpha value is -0.640. The summed E-state index contributed by atoms with van der Waals surface area (Å²) in [4.78, 5) is 17.1. The second-order valence-corrected chi connectivity index (χ2v) is 3.35. The first-order chi connectivity index (χ1) is 5.15.